The quantitative estimate of drug-likeness (QED) is 0.767. The Bertz CT molecular complexity index is 495. The minimum absolute atomic E-state index is 0.0435. The first-order valence-corrected chi connectivity index (χ1v) is 6.99. The maximum atomic E-state index is 11.5. The highest BCUT2D eigenvalue weighted by Crippen LogP contribution is 2.22. The summed E-state index contributed by atoms with van der Waals surface area (Å²) >= 11 is 0. The van der Waals surface area contributed by atoms with Crippen LogP contribution in [0.4, 0.5) is 5.82 Å². The van der Waals surface area contributed by atoms with E-state index in [4.69, 9.17) is 9.47 Å². The molecule has 0 spiro atoms. The van der Waals surface area contributed by atoms with Crippen LogP contribution >= 0.6 is 0 Å². The van der Waals surface area contributed by atoms with E-state index in [2.05, 4.69) is 10.2 Å². The normalized spacial score (nSPS) is 15.6. The largest absolute Gasteiger partial charge is 0.469 e. The van der Waals surface area contributed by atoms with E-state index in [9.17, 15) is 9.59 Å². The smallest absolute Gasteiger partial charge is 0.358 e. The van der Waals surface area contributed by atoms with Crippen molar-refractivity contribution in [3.8, 4) is 0 Å². The van der Waals surface area contributed by atoms with Gasteiger partial charge in [0.05, 0.1) is 19.6 Å². The van der Waals surface area contributed by atoms with Gasteiger partial charge in [-0.3, -0.25) is 4.79 Å². The summed E-state index contributed by atoms with van der Waals surface area (Å²) < 4.78 is 9.62. The number of rotatable bonds is 4. The Balaban J connectivity index is 1.95. The summed E-state index contributed by atoms with van der Waals surface area (Å²) in [5.74, 6) is 0.0312. The molecule has 2 rings (SSSR count). The Hall–Kier alpha value is -2.18. The number of carbonyl (C=O) groups is 2. The molecule has 1 aromatic heterocycles. The fourth-order valence-corrected chi connectivity index (χ4v) is 2.32. The molecule has 0 amide bonds. The predicted octanol–water partition coefficient (Wildman–Crippen LogP) is 1.04. The third-order valence-corrected chi connectivity index (χ3v) is 3.49. The standard InChI is InChI=1S/C14H19N3O4/c1-3-21-14(19)11-4-5-12(16-15-11)17-8-6-10(7-9-17)13(18)20-2/h4-5,10H,3,6-9H2,1-2H3. The highest BCUT2D eigenvalue weighted by Gasteiger charge is 2.26. The van der Waals surface area contributed by atoms with Gasteiger partial charge in [-0.1, -0.05) is 0 Å². The van der Waals surface area contributed by atoms with Crippen LogP contribution in [0.15, 0.2) is 12.1 Å². The van der Waals surface area contributed by atoms with Crippen molar-refractivity contribution in [3.05, 3.63) is 17.8 Å². The lowest BCUT2D eigenvalue weighted by atomic mass is 9.97. The van der Waals surface area contributed by atoms with Gasteiger partial charge in [-0.25, -0.2) is 4.79 Å². The molecule has 7 nitrogen and oxygen atoms in total. The molecule has 1 fully saturated rings. The van der Waals surface area contributed by atoms with Gasteiger partial charge < -0.3 is 14.4 Å². The lowest BCUT2D eigenvalue weighted by Crippen LogP contribution is -2.37. The first kappa shape index (κ1) is 15.2. The SMILES string of the molecule is CCOC(=O)c1ccc(N2CCC(C(=O)OC)CC2)nn1. The number of carbonyl (C=O) groups excluding carboxylic acids is 2. The van der Waals surface area contributed by atoms with Gasteiger partial charge in [-0.15, -0.1) is 10.2 Å². The van der Waals surface area contributed by atoms with E-state index >= 15 is 0 Å². The monoisotopic (exact) mass is 293 g/mol. The molecule has 0 aliphatic carbocycles. The fourth-order valence-electron chi connectivity index (χ4n) is 2.32. The van der Waals surface area contributed by atoms with Crippen molar-refractivity contribution < 1.29 is 19.1 Å². The van der Waals surface area contributed by atoms with E-state index in [1.807, 2.05) is 4.90 Å². The zero-order chi connectivity index (χ0) is 15.2. The molecule has 0 N–H and O–H groups in total. The third kappa shape index (κ3) is 3.68. The summed E-state index contributed by atoms with van der Waals surface area (Å²) in [7, 11) is 1.41. The number of esters is 2. The second-order valence-electron chi connectivity index (χ2n) is 4.78. The van der Waals surface area contributed by atoms with Crippen molar-refractivity contribution in [2.24, 2.45) is 5.92 Å². The van der Waals surface area contributed by atoms with Gasteiger partial charge in [0, 0.05) is 13.1 Å². The van der Waals surface area contributed by atoms with Gasteiger partial charge in [0.1, 0.15) is 0 Å². The van der Waals surface area contributed by atoms with Gasteiger partial charge in [0.2, 0.25) is 0 Å². The van der Waals surface area contributed by atoms with Crippen LogP contribution < -0.4 is 4.90 Å². The van der Waals surface area contributed by atoms with E-state index in [0.29, 0.717) is 25.5 Å². The Morgan fingerprint density at radius 2 is 2.00 bits per heavy atom. The summed E-state index contributed by atoms with van der Waals surface area (Å²) in [5.41, 5.74) is 0.199. The van der Waals surface area contributed by atoms with Crippen molar-refractivity contribution in [1.29, 1.82) is 0 Å². The highest BCUT2D eigenvalue weighted by atomic mass is 16.5. The molecule has 0 unspecified atom stereocenters. The zero-order valence-corrected chi connectivity index (χ0v) is 12.2. The van der Waals surface area contributed by atoms with E-state index in [1.54, 1.807) is 19.1 Å². The summed E-state index contributed by atoms with van der Waals surface area (Å²) in [4.78, 5) is 25.0. The number of hydrogen-bond acceptors (Lipinski definition) is 7. The maximum absolute atomic E-state index is 11.5. The molecule has 1 aliphatic rings. The second-order valence-corrected chi connectivity index (χ2v) is 4.78. The first-order valence-electron chi connectivity index (χ1n) is 6.99. The number of aromatic nitrogens is 2. The van der Waals surface area contributed by atoms with Gasteiger partial charge in [-0.2, -0.15) is 0 Å². The number of methoxy groups -OCH3 is 1. The number of ether oxygens (including phenoxy) is 2. The highest BCUT2D eigenvalue weighted by molar-refractivity contribution is 5.87. The molecule has 114 valence electrons. The summed E-state index contributed by atoms with van der Waals surface area (Å²) in [6, 6.07) is 3.35. The Labute approximate surface area is 123 Å². The number of hydrogen-bond donors (Lipinski definition) is 0. The fraction of sp³-hybridized carbons (Fsp3) is 0.571. The predicted molar refractivity (Wildman–Crippen MR) is 74.9 cm³/mol. The molecule has 2 heterocycles. The molecule has 7 heteroatoms. The van der Waals surface area contributed by atoms with Crippen LogP contribution in [-0.4, -0.2) is 48.9 Å². The molecule has 0 radical (unpaired) electrons. The molecule has 1 aromatic rings. The molecule has 1 saturated heterocycles. The van der Waals surface area contributed by atoms with E-state index in [0.717, 1.165) is 12.8 Å². The molecule has 0 saturated carbocycles. The van der Waals surface area contributed by atoms with Gasteiger partial charge in [0.15, 0.2) is 11.5 Å². The van der Waals surface area contributed by atoms with E-state index in [-0.39, 0.29) is 17.6 Å². The van der Waals surface area contributed by atoms with Crippen molar-refractivity contribution in [3.63, 3.8) is 0 Å². The topological polar surface area (TPSA) is 81.6 Å². The summed E-state index contributed by atoms with van der Waals surface area (Å²) in [5, 5.41) is 7.94. The average molecular weight is 293 g/mol. The van der Waals surface area contributed by atoms with Crippen LogP contribution in [0.2, 0.25) is 0 Å². The molecule has 0 atom stereocenters. The molecule has 1 aliphatic heterocycles. The van der Waals surface area contributed by atoms with Crippen molar-refractivity contribution in [1.82, 2.24) is 10.2 Å². The van der Waals surface area contributed by atoms with Gasteiger partial charge >= 0.3 is 11.9 Å². The van der Waals surface area contributed by atoms with Gasteiger partial charge in [0.25, 0.3) is 0 Å². The van der Waals surface area contributed by atoms with Crippen LogP contribution in [0.1, 0.15) is 30.3 Å². The Kier molecular flexibility index (Phi) is 5.08. The first-order chi connectivity index (χ1) is 10.2. The van der Waals surface area contributed by atoms with Crippen LogP contribution in [0.5, 0.6) is 0 Å². The lowest BCUT2D eigenvalue weighted by molar-refractivity contribution is -0.146. The van der Waals surface area contributed by atoms with E-state index < -0.39 is 5.97 Å². The van der Waals surface area contributed by atoms with Crippen LogP contribution in [0.25, 0.3) is 0 Å². The summed E-state index contributed by atoms with van der Waals surface area (Å²) in [6.07, 6.45) is 1.46. The molecular formula is C14H19N3O4. The van der Waals surface area contributed by atoms with Crippen LogP contribution in [0, 0.1) is 5.92 Å². The number of nitrogens with zero attached hydrogens (tertiary/aromatic N) is 3. The second kappa shape index (κ2) is 7.01. The molecule has 0 aromatic carbocycles. The number of piperidine rings is 1. The summed E-state index contributed by atoms with van der Waals surface area (Å²) in [6.45, 7) is 3.48. The lowest BCUT2D eigenvalue weighted by Gasteiger charge is -2.31. The average Bonchev–Trinajstić information content (AvgIpc) is 2.54. The maximum Gasteiger partial charge on any atom is 0.358 e. The number of anilines is 1. The van der Waals surface area contributed by atoms with Crippen molar-refractivity contribution in [2.45, 2.75) is 19.8 Å². The minimum atomic E-state index is -0.471. The molecule has 21 heavy (non-hydrogen) atoms. The Morgan fingerprint density at radius 1 is 1.29 bits per heavy atom. The van der Waals surface area contributed by atoms with Crippen LogP contribution in [-0.2, 0) is 14.3 Å². The zero-order valence-electron chi connectivity index (χ0n) is 12.2. The van der Waals surface area contributed by atoms with Crippen LogP contribution in [0.3, 0.4) is 0 Å². The van der Waals surface area contributed by atoms with Crippen molar-refractivity contribution >= 4 is 17.8 Å². The molecule has 0 bridgehead atoms. The van der Waals surface area contributed by atoms with Gasteiger partial charge in [-0.05, 0) is 31.9 Å². The van der Waals surface area contributed by atoms with Crippen molar-refractivity contribution in [2.75, 3.05) is 31.7 Å². The third-order valence-electron chi connectivity index (χ3n) is 3.49. The van der Waals surface area contributed by atoms with E-state index in [1.165, 1.54) is 7.11 Å². The Morgan fingerprint density at radius 3 is 2.52 bits per heavy atom. The molecular weight excluding hydrogens is 274 g/mol. The minimum Gasteiger partial charge on any atom is -0.469 e.